The van der Waals surface area contributed by atoms with Crippen molar-refractivity contribution < 1.29 is 14.0 Å². The number of hydrogen-bond acceptors (Lipinski definition) is 5. The first kappa shape index (κ1) is 18.1. The highest BCUT2D eigenvalue weighted by atomic mass is 35.5. The lowest BCUT2D eigenvalue weighted by Crippen LogP contribution is -2.50. The van der Waals surface area contributed by atoms with Gasteiger partial charge in [0.15, 0.2) is 0 Å². The average Bonchev–Trinajstić information content (AvgIpc) is 2.65. The highest BCUT2D eigenvalue weighted by Crippen LogP contribution is 2.21. The van der Waals surface area contributed by atoms with Crippen molar-refractivity contribution in [3.8, 4) is 0 Å². The van der Waals surface area contributed by atoms with Crippen molar-refractivity contribution in [1.29, 1.82) is 0 Å². The van der Waals surface area contributed by atoms with E-state index in [1.54, 1.807) is 9.80 Å². The largest absolute Gasteiger partial charge is 0.339 e. The van der Waals surface area contributed by atoms with Crippen molar-refractivity contribution >= 4 is 35.1 Å². The third-order valence-electron chi connectivity index (χ3n) is 4.09. The van der Waals surface area contributed by atoms with E-state index in [4.69, 9.17) is 11.6 Å². The van der Waals surface area contributed by atoms with Gasteiger partial charge in [0.25, 0.3) is 5.91 Å². The summed E-state index contributed by atoms with van der Waals surface area (Å²) in [6.07, 6.45) is 2.86. The van der Waals surface area contributed by atoms with E-state index in [1.165, 1.54) is 37.5 Å². The number of amides is 2. The van der Waals surface area contributed by atoms with Crippen LogP contribution in [0.25, 0.3) is 0 Å². The Balaban J connectivity index is 1.63. The van der Waals surface area contributed by atoms with Gasteiger partial charge in [-0.1, -0.05) is 11.6 Å². The van der Waals surface area contributed by atoms with E-state index in [-0.39, 0.29) is 22.8 Å². The molecule has 136 valence electrons. The maximum Gasteiger partial charge on any atom is 0.257 e. The summed E-state index contributed by atoms with van der Waals surface area (Å²) in [5.74, 6) is -0.407. The summed E-state index contributed by atoms with van der Waals surface area (Å²) in [4.78, 5) is 35.4. The Labute approximate surface area is 154 Å². The second-order valence-electron chi connectivity index (χ2n) is 5.85. The standard InChI is InChI=1S/C17H17ClFN5O2/c1-11(25)23-4-6-24(7-5-23)16(26)12-9-20-17(21-10-12)22-13-2-3-15(19)14(18)8-13/h2-3,8-10H,4-7H2,1H3,(H,20,21,22). The van der Waals surface area contributed by atoms with E-state index in [0.29, 0.717) is 37.4 Å². The summed E-state index contributed by atoms with van der Waals surface area (Å²) in [7, 11) is 0. The Morgan fingerprint density at radius 3 is 2.31 bits per heavy atom. The quantitative estimate of drug-likeness (QED) is 0.888. The molecule has 0 radical (unpaired) electrons. The number of nitrogens with one attached hydrogen (secondary N) is 1. The zero-order valence-electron chi connectivity index (χ0n) is 14.1. The fourth-order valence-corrected chi connectivity index (χ4v) is 2.79. The first-order valence-electron chi connectivity index (χ1n) is 8.03. The molecule has 26 heavy (non-hydrogen) atoms. The van der Waals surface area contributed by atoms with Gasteiger partial charge in [0, 0.05) is 51.2 Å². The lowest BCUT2D eigenvalue weighted by atomic mass is 10.2. The van der Waals surface area contributed by atoms with Gasteiger partial charge < -0.3 is 15.1 Å². The predicted molar refractivity (Wildman–Crippen MR) is 94.9 cm³/mol. The molecule has 0 atom stereocenters. The highest BCUT2D eigenvalue weighted by molar-refractivity contribution is 6.31. The first-order valence-corrected chi connectivity index (χ1v) is 8.41. The molecule has 2 heterocycles. The summed E-state index contributed by atoms with van der Waals surface area (Å²) >= 11 is 5.73. The Morgan fingerprint density at radius 1 is 1.12 bits per heavy atom. The fourth-order valence-electron chi connectivity index (χ4n) is 2.61. The summed E-state index contributed by atoms with van der Waals surface area (Å²) in [5, 5.41) is 2.89. The van der Waals surface area contributed by atoms with Crippen LogP contribution in [0, 0.1) is 5.82 Å². The van der Waals surface area contributed by atoms with Gasteiger partial charge in [0.1, 0.15) is 5.82 Å². The number of rotatable bonds is 3. The van der Waals surface area contributed by atoms with E-state index >= 15 is 0 Å². The molecule has 0 saturated carbocycles. The maximum atomic E-state index is 13.2. The number of piperazine rings is 1. The molecule has 3 rings (SSSR count). The van der Waals surface area contributed by atoms with Gasteiger partial charge in [-0.25, -0.2) is 14.4 Å². The van der Waals surface area contributed by atoms with Crippen LogP contribution in [0.2, 0.25) is 5.02 Å². The Bertz CT molecular complexity index is 822. The van der Waals surface area contributed by atoms with Crippen LogP contribution in [0.3, 0.4) is 0 Å². The minimum absolute atomic E-state index is 0.00787. The van der Waals surface area contributed by atoms with Gasteiger partial charge in [-0.2, -0.15) is 0 Å². The normalized spacial score (nSPS) is 14.3. The molecular weight excluding hydrogens is 361 g/mol. The number of aromatic nitrogens is 2. The smallest absolute Gasteiger partial charge is 0.257 e. The number of hydrogen-bond donors (Lipinski definition) is 1. The Hall–Kier alpha value is -2.74. The second kappa shape index (κ2) is 7.65. The maximum absolute atomic E-state index is 13.2. The van der Waals surface area contributed by atoms with Crippen LogP contribution in [0.1, 0.15) is 17.3 Å². The van der Waals surface area contributed by atoms with Gasteiger partial charge in [0.05, 0.1) is 10.6 Å². The van der Waals surface area contributed by atoms with Crippen LogP contribution in [0.4, 0.5) is 16.0 Å². The van der Waals surface area contributed by atoms with E-state index in [0.717, 1.165) is 0 Å². The molecule has 0 unspecified atom stereocenters. The Kier molecular flexibility index (Phi) is 5.32. The summed E-state index contributed by atoms with van der Waals surface area (Å²) < 4.78 is 13.2. The molecule has 0 bridgehead atoms. The van der Waals surface area contributed by atoms with Crippen LogP contribution >= 0.6 is 11.6 Å². The van der Waals surface area contributed by atoms with E-state index in [1.807, 2.05) is 0 Å². The van der Waals surface area contributed by atoms with E-state index in [2.05, 4.69) is 15.3 Å². The lowest BCUT2D eigenvalue weighted by molar-refractivity contribution is -0.130. The van der Waals surface area contributed by atoms with Crippen molar-refractivity contribution in [3.05, 3.63) is 47.0 Å². The molecule has 1 saturated heterocycles. The molecule has 1 aliphatic heterocycles. The van der Waals surface area contributed by atoms with Crippen LogP contribution in [-0.4, -0.2) is 57.8 Å². The van der Waals surface area contributed by atoms with Gasteiger partial charge in [0.2, 0.25) is 11.9 Å². The molecule has 1 aliphatic rings. The number of anilines is 2. The molecule has 9 heteroatoms. The van der Waals surface area contributed by atoms with E-state index < -0.39 is 5.82 Å². The van der Waals surface area contributed by atoms with Crippen LogP contribution in [0.15, 0.2) is 30.6 Å². The monoisotopic (exact) mass is 377 g/mol. The van der Waals surface area contributed by atoms with Crippen LogP contribution in [-0.2, 0) is 4.79 Å². The van der Waals surface area contributed by atoms with Crippen LogP contribution in [0.5, 0.6) is 0 Å². The minimum atomic E-state index is -0.510. The third kappa shape index (κ3) is 4.08. The zero-order valence-corrected chi connectivity index (χ0v) is 14.8. The van der Waals surface area contributed by atoms with Gasteiger partial charge in [-0.3, -0.25) is 9.59 Å². The van der Waals surface area contributed by atoms with Crippen LogP contribution < -0.4 is 5.32 Å². The number of carbonyl (C=O) groups is 2. The summed E-state index contributed by atoms with van der Waals surface area (Å²) in [6, 6.07) is 4.18. The molecule has 0 aliphatic carbocycles. The molecule has 1 N–H and O–H groups in total. The van der Waals surface area contributed by atoms with E-state index in [9.17, 15) is 14.0 Å². The van der Waals surface area contributed by atoms with Gasteiger partial charge in [-0.05, 0) is 18.2 Å². The summed E-state index contributed by atoms with van der Waals surface area (Å²) in [5.41, 5.74) is 0.903. The average molecular weight is 378 g/mol. The third-order valence-corrected chi connectivity index (χ3v) is 4.38. The zero-order chi connectivity index (χ0) is 18.7. The molecule has 2 amide bonds. The van der Waals surface area contributed by atoms with Crippen molar-refractivity contribution in [3.63, 3.8) is 0 Å². The molecular formula is C17H17ClFN5O2. The SMILES string of the molecule is CC(=O)N1CCN(C(=O)c2cnc(Nc3ccc(F)c(Cl)c3)nc2)CC1. The van der Waals surface area contributed by atoms with Gasteiger partial charge in [-0.15, -0.1) is 0 Å². The summed E-state index contributed by atoms with van der Waals surface area (Å²) in [6.45, 7) is 3.52. The number of nitrogens with zero attached hydrogens (tertiary/aromatic N) is 4. The molecule has 1 aromatic carbocycles. The topological polar surface area (TPSA) is 78.4 Å². The predicted octanol–water partition coefficient (Wildman–Crippen LogP) is 2.32. The number of carbonyl (C=O) groups excluding carboxylic acids is 2. The number of halogens is 2. The molecule has 2 aromatic rings. The Morgan fingerprint density at radius 2 is 1.73 bits per heavy atom. The first-order chi connectivity index (χ1) is 12.4. The molecule has 1 aromatic heterocycles. The molecule has 1 fully saturated rings. The number of benzene rings is 1. The van der Waals surface area contributed by atoms with Crippen molar-refractivity contribution in [2.24, 2.45) is 0 Å². The highest BCUT2D eigenvalue weighted by Gasteiger charge is 2.23. The van der Waals surface area contributed by atoms with Gasteiger partial charge >= 0.3 is 0 Å². The lowest BCUT2D eigenvalue weighted by Gasteiger charge is -2.34. The van der Waals surface area contributed by atoms with Crippen molar-refractivity contribution in [2.75, 3.05) is 31.5 Å². The molecule has 7 nitrogen and oxygen atoms in total. The molecule has 0 spiro atoms. The second-order valence-corrected chi connectivity index (χ2v) is 6.25. The fraction of sp³-hybridized carbons (Fsp3) is 0.294. The van der Waals surface area contributed by atoms with Crippen molar-refractivity contribution in [2.45, 2.75) is 6.92 Å². The minimum Gasteiger partial charge on any atom is -0.339 e. The van der Waals surface area contributed by atoms with Crippen molar-refractivity contribution in [1.82, 2.24) is 19.8 Å².